The summed E-state index contributed by atoms with van der Waals surface area (Å²) in [6.07, 6.45) is 4.71. The fourth-order valence-corrected chi connectivity index (χ4v) is 0.720. The van der Waals surface area contributed by atoms with Crippen molar-refractivity contribution in [3.8, 4) is 0 Å². The number of imidazole rings is 1. The quantitative estimate of drug-likeness (QED) is 0.526. The van der Waals surface area contributed by atoms with E-state index in [0.29, 0.717) is 5.82 Å². The van der Waals surface area contributed by atoms with Crippen LogP contribution in [-0.2, 0) is 0 Å². The number of hydrazone groups is 1. The molecule has 50 valence electrons. The zero-order valence-electron chi connectivity index (χ0n) is 5.07. The molecule has 2 rings (SSSR count). The Hall–Kier alpha value is -1.65. The maximum atomic E-state index is 3.94. The molecule has 1 aliphatic heterocycles. The van der Waals surface area contributed by atoms with Crippen LogP contribution >= 0.6 is 0 Å². The van der Waals surface area contributed by atoms with Gasteiger partial charge in [-0.2, -0.15) is 5.10 Å². The number of aromatic nitrogens is 2. The Bertz CT molecular complexity index is 257. The summed E-state index contributed by atoms with van der Waals surface area (Å²) in [6.45, 7) is 0. The second kappa shape index (κ2) is 1.94. The molecule has 1 aromatic heterocycles. The van der Waals surface area contributed by atoms with Crippen LogP contribution in [0.3, 0.4) is 0 Å². The fraction of sp³-hybridized carbons (Fsp3) is 0. The number of hydrogen-bond donors (Lipinski definition) is 2. The van der Waals surface area contributed by atoms with Gasteiger partial charge in [-0.1, -0.05) is 0 Å². The van der Waals surface area contributed by atoms with Gasteiger partial charge in [0, 0.05) is 0 Å². The lowest BCUT2D eigenvalue weighted by molar-refractivity contribution is 1.06. The molecule has 1 aromatic rings. The van der Waals surface area contributed by atoms with Gasteiger partial charge in [0.05, 0.1) is 12.5 Å². The summed E-state index contributed by atoms with van der Waals surface area (Å²) in [6, 6.07) is 0. The Morgan fingerprint density at radius 1 is 1.40 bits per heavy atom. The van der Waals surface area contributed by atoms with Crippen molar-refractivity contribution in [1.82, 2.24) is 15.4 Å². The van der Waals surface area contributed by atoms with Crippen LogP contribution in [0, 0.1) is 0 Å². The molecule has 0 atom stereocenters. The van der Waals surface area contributed by atoms with Gasteiger partial charge in [-0.3, -0.25) is 5.43 Å². The van der Waals surface area contributed by atoms with Crippen molar-refractivity contribution < 1.29 is 0 Å². The zero-order chi connectivity index (χ0) is 6.81. The first kappa shape index (κ1) is 5.16. The van der Waals surface area contributed by atoms with Crippen molar-refractivity contribution in [3.05, 3.63) is 12.0 Å². The van der Waals surface area contributed by atoms with E-state index in [1.54, 1.807) is 12.5 Å². The van der Waals surface area contributed by atoms with Gasteiger partial charge in [-0.25, -0.2) is 9.98 Å². The van der Waals surface area contributed by atoms with E-state index in [1.807, 2.05) is 0 Å². The molecule has 5 nitrogen and oxygen atoms in total. The lowest BCUT2D eigenvalue weighted by Crippen LogP contribution is -1.98. The highest BCUT2D eigenvalue weighted by molar-refractivity contribution is 5.85. The smallest absolute Gasteiger partial charge is 0.180 e. The number of fused-ring (bicyclic) bond motifs is 1. The standard InChI is InChI=1S/C5H5N5/c1-4-5(7-2-6-4)8-3-10-9-1/h1-3H,(H,6,7)(H,8,10). The van der Waals surface area contributed by atoms with Crippen molar-refractivity contribution in [1.29, 1.82) is 0 Å². The molecule has 5 heteroatoms. The molecule has 1 aliphatic rings. The Morgan fingerprint density at radius 2 is 2.40 bits per heavy atom. The number of H-pyrrole nitrogens is 1. The van der Waals surface area contributed by atoms with Crippen LogP contribution in [0.25, 0.3) is 0 Å². The molecule has 0 amide bonds. The minimum atomic E-state index is 0.661. The van der Waals surface area contributed by atoms with Gasteiger partial charge in [0.25, 0.3) is 0 Å². The minimum absolute atomic E-state index is 0.661. The maximum absolute atomic E-state index is 3.94. The van der Waals surface area contributed by atoms with Crippen LogP contribution in [0.5, 0.6) is 0 Å². The van der Waals surface area contributed by atoms with Crippen molar-refractivity contribution in [2.24, 2.45) is 10.1 Å². The summed E-state index contributed by atoms with van der Waals surface area (Å²) >= 11 is 0. The number of hydrogen-bond acceptors (Lipinski definition) is 4. The summed E-state index contributed by atoms with van der Waals surface area (Å²) in [4.78, 5) is 10.8. The molecule has 2 heterocycles. The second-order valence-electron chi connectivity index (χ2n) is 1.79. The van der Waals surface area contributed by atoms with Gasteiger partial charge in [-0.05, 0) is 0 Å². The molecule has 0 fully saturated rings. The molecule has 0 saturated carbocycles. The van der Waals surface area contributed by atoms with Gasteiger partial charge in [-0.15, -0.1) is 0 Å². The first-order valence-electron chi connectivity index (χ1n) is 2.81. The number of rotatable bonds is 0. The third-order valence-electron chi connectivity index (χ3n) is 1.16. The Labute approximate surface area is 56.9 Å². The molecule has 0 bridgehead atoms. The molecule has 0 saturated heterocycles. The average Bonchev–Trinajstić information content (AvgIpc) is 2.28. The second-order valence-corrected chi connectivity index (χ2v) is 1.79. The summed E-state index contributed by atoms with van der Waals surface area (Å²) in [5.74, 6) is 0.661. The molecule has 2 N–H and O–H groups in total. The molecule has 0 radical (unpaired) electrons. The summed E-state index contributed by atoms with van der Waals surface area (Å²) in [5.41, 5.74) is 3.42. The van der Waals surface area contributed by atoms with Crippen LogP contribution in [-0.4, -0.2) is 22.5 Å². The van der Waals surface area contributed by atoms with Gasteiger partial charge < -0.3 is 4.98 Å². The van der Waals surface area contributed by atoms with Crippen LogP contribution in [0.2, 0.25) is 0 Å². The van der Waals surface area contributed by atoms with Gasteiger partial charge in [0.2, 0.25) is 0 Å². The molecule has 0 spiro atoms. The maximum Gasteiger partial charge on any atom is 0.180 e. The van der Waals surface area contributed by atoms with E-state index in [4.69, 9.17) is 0 Å². The normalized spacial score (nSPS) is 14.0. The van der Waals surface area contributed by atoms with Crippen LogP contribution in [0.15, 0.2) is 16.4 Å². The Balaban J connectivity index is 2.56. The lowest BCUT2D eigenvalue weighted by atomic mass is 10.5. The summed E-state index contributed by atoms with van der Waals surface area (Å²) in [7, 11) is 0. The minimum Gasteiger partial charge on any atom is -0.342 e. The monoisotopic (exact) mass is 135 g/mol. The fourth-order valence-electron chi connectivity index (χ4n) is 0.720. The van der Waals surface area contributed by atoms with E-state index in [9.17, 15) is 0 Å². The number of nitrogens with one attached hydrogen (secondary N) is 2. The predicted molar refractivity (Wildman–Crippen MR) is 37.5 cm³/mol. The van der Waals surface area contributed by atoms with Crippen LogP contribution < -0.4 is 5.43 Å². The number of aliphatic imine (C=N–C) groups is 1. The van der Waals surface area contributed by atoms with E-state index in [0.717, 1.165) is 5.69 Å². The van der Waals surface area contributed by atoms with Crippen LogP contribution in [0.4, 0.5) is 5.82 Å². The summed E-state index contributed by atoms with van der Waals surface area (Å²) < 4.78 is 0. The van der Waals surface area contributed by atoms with Gasteiger partial charge in [0.1, 0.15) is 12.0 Å². The highest BCUT2D eigenvalue weighted by Crippen LogP contribution is 2.10. The molecular weight excluding hydrogens is 130 g/mol. The number of nitrogens with zero attached hydrogens (tertiary/aromatic N) is 3. The van der Waals surface area contributed by atoms with Crippen LogP contribution in [0.1, 0.15) is 5.69 Å². The largest absolute Gasteiger partial charge is 0.342 e. The molecular formula is C5H5N5. The average molecular weight is 135 g/mol. The SMILES string of the molecule is C1=NNC=Nc2nc[nH]c21. The van der Waals surface area contributed by atoms with E-state index in [2.05, 4.69) is 25.5 Å². The molecule has 10 heavy (non-hydrogen) atoms. The molecule has 0 unspecified atom stereocenters. The van der Waals surface area contributed by atoms with E-state index >= 15 is 0 Å². The van der Waals surface area contributed by atoms with Gasteiger partial charge in [0.15, 0.2) is 5.82 Å². The highest BCUT2D eigenvalue weighted by atomic mass is 15.3. The molecule has 0 aromatic carbocycles. The third kappa shape index (κ3) is 0.680. The predicted octanol–water partition coefficient (Wildman–Crippen LogP) is 0.00660. The van der Waals surface area contributed by atoms with E-state index in [1.165, 1.54) is 6.34 Å². The highest BCUT2D eigenvalue weighted by Gasteiger charge is 2.00. The van der Waals surface area contributed by atoms with Crippen molar-refractivity contribution >= 4 is 18.4 Å². The topological polar surface area (TPSA) is 65.4 Å². The van der Waals surface area contributed by atoms with Crippen molar-refractivity contribution in [2.75, 3.05) is 0 Å². The Kier molecular flexibility index (Phi) is 1.00. The zero-order valence-corrected chi connectivity index (χ0v) is 5.07. The number of aromatic amines is 1. The van der Waals surface area contributed by atoms with E-state index < -0.39 is 0 Å². The van der Waals surface area contributed by atoms with Crippen molar-refractivity contribution in [3.63, 3.8) is 0 Å². The van der Waals surface area contributed by atoms with Crippen molar-refractivity contribution in [2.45, 2.75) is 0 Å². The Morgan fingerprint density at radius 3 is 3.40 bits per heavy atom. The van der Waals surface area contributed by atoms with E-state index in [-0.39, 0.29) is 0 Å². The first-order chi connectivity index (χ1) is 4.97. The third-order valence-corrected chi connectivity index (χ3v) is 1.16. The molecule has 0 aliphatic carbocycles. The van der Waals surface area contributed by atoms with Gasteiger partial charge >= 0.3 is 0 Å². The first-order valence-corrected chi connectivity index (χ1v) is 2.81. The lowest BCUT2D eigenvalue weighted by Gasteiger charge is -1.81. The summed E-state index contributed by atoms with van der Waals surface area (Å²) in [5, 5.41) is 3.79.